The number of rotatable bonds is 9. The Morgan fingerprint density at radius 3 is 2.70 bits per heavy atom. The predicted octanol–water partition coefficient (Wildman–Crippen LogP) is 2.69. The number of furan rings is 1. The predicted molar refractivity (Wildman–Crippen MR) is 133 cm³/mol. The number of nitrogens with zero attached hydrogens (tertiary/aromatic N) is 2. The Kier molecular flexibility index (Phi) is 9.96. The molecule has 166 valence electrons. The van der Waals surface area contributed by atoms with Crippen LogP contribution in [0, 0.1) is 0 Å². The minimum Gasteiger partial charge on any atom is -0.469 e. The number of aliphatic imine (C=N–C) groups is 1. The molecule has 2 heterocycles. The van der Waals surface area contributed by atoms with Gasteiger partial charge in [-0.2, -0.15) is 0 Å². The van der Waals surface area contributed by atoms with Gasteiger partial charge in [0.15, 0.2) is 15.8 Å². The van der Waals surface area contributed by atoms with Gasteiger partial charge in [-0.3, -0.25) is 4.99 Å². The highest BCUT2D eigenvalue weighted by atomic mass is 127. The number of nitrogens with one attached hydrogen (secondary N) is 2. The number of sulfone groups is 1. The van der Waals surface area contributed by atoms with Crippen molar-refractivity contribution in [2.75, 3.05) is 43.1 Å². The van der Waals surface area contributed by atoms with Crippen LogP contribution in [0.3, 0.4) is 0 Å². The van der Waals surface area contributed by atoms with E-state index in [-0.39, 0.29) is 41.5 Å². The zero-order valence-corrected chi connectivity index (χ0v) is 20.4. The van der Waals surface area contributed by atoms with Crippen LogP contribution >= 0.6 is 24.0 Å². The van der Waals surface area contributed by atoms with Gasteiger partial charge in [0.25, 0.3) is 0 Å². The van der Waals surface area contributed by atoms with E-state index < -0.39 is 9.84 Å². The maximum atomic E-state index is 11.7. The lowest BCUT2D eigenvalue weighted by Gasteiger charge is -2.19. The molecule has 2 N–H and O–H groups in total. The van der Waals surface area contributed by atoms with Crippen LogP contribution in [0.1, 0.15) is 18.6 Å². The van der Waals surface area contributed by atoms with Gasteiger partial charge in [0.2, 0.25) is 0 Å². The molecule has 0 spiro atoms. The largest absolute Gasteiger partial charge is 0.469 e. The Morgan fingerprint density at radius 2 is 2.03 bits per heavy atom. The van der Waals surface area contributed by atoms with Gasteiger partial charge in [-0.25, -0.2) is 8.42 Å². The molecular weight excluding hydrogens is 515 g/mol. The fourth-order valence-electron chi connectivity index (χ4n) is 3.32. The standard InChI is InChI=1S/C21H30N4O3S.HI/c1-25(19-7-3-2-4-8-19)14-6-12-22-21(23-13-10-20-9-5-15-28-20)24-18-11-16-29(26,27)17-18;/h2-5,7-9,15,18H,6,10-14,16-17H2,1H3,(H2,22,23,24);1H. The lowest BCUT2D eigenvalue weighted by molar-refractivity contribution is 0.506. The summed E-state index contributed by atoms with van der Waals surface area (Å²) in [5.74, 6) is 1.99. The van der Waals surface area contributed by atoms with Crippen molar-refractivity contribution in [3.05, 3.63) is 54.5 Å². The van der Waals surface area contributed by atoms with Gasteiger partial charge in [-0.05, 0) is 37.1 Å². The molecule has 1 saturated heterocycles. The third kappa shape index (κ3) is 8.17. The van der Waals surface area contributed by atoms with Crippen molar-refractivity contribution >= 4 is 45.5 Å². The van der Waals surface area contributed by atoms with E-state index in [4.69, 9.17) is 4.42 Å². The summed E-state index contributed by atoms with van der Waals surface area (Å²) in [5, 5.41) is 6.59. The van der Waals surface area contributed by atoms with E-state index >= 15 is 0 Å². The minimum absolute atomic E-state index is 0. The number of para-hydroxylation sites is 1. The highest BCUT2D eigenvalue weighted by Crippen LogP contribution is 2.12. The number of benzene rings is 1. The molecule has 0 saturated carbocycles. The molecule has 1 aromatic heterocycles. The SMILES string of the molecule is CN(CCCN=C(NCCc1ccco1)NC1CCS(=O)(=O)C1)c1ccccc1.I. The molecule has 1 unspecified atom stereocenters. The molecule has 7 nitrogen and oxygen atoms in total. The van der Waals surface area contributed by atoms with Crippen LogP contribution in [-0.4, -0.2) is 58.6 Å². The number of hydrogen-bond donors (Lipinski definition) is 2. The lowest BCUT2D eigenvalue weighted by Crippen LogP contribution is -2.44. The van der Waals surface area contributed by atoms with Crippen LogP contribution in [-0.2, 0) is 16.3 Å². The van der Waals surface area contributed by atoms with Crippen molar-refractivity contribution in [3.8, 4) is 0 Å². The Bertz CT molecular complexity index is 873. The summed E-state index contributed by atoms with van der Waals surface area (Å²) in [4.78, 5) is 6.87. The van der Waals surface area contributed by atoms with Gasteiger partial charge in [-0.15, -0.1) is 24.0 Å². The number of guanidine groups is 1. The first-order valence-corrected chi connectivity index (χ1v) is 11.9. The quantitative estimate of drug-likeness (QED) is 0.218. The molecule has 0 bridgehead atoms. The molecule has 1 fully saturated rings. The van der Waals surface area contributed by atoms with Crippen LogP contribution in [0.25, 0.3) is 0 Å². The fourth-order valence-corrected chi connectivity index (χ4v) is 5.00. The van der Waals surface area contributed by atoms with Gasteiger partial charge in [0, 0.05) is 44.8 Å². The van der Waals surface area contributed by atoms with Gasteiger partial charge in [0.1, 0.15) is 5.76 Å². The Morgan fingerprint density at radius 1 is 1.23 bits per heavy atom. The normalized spacial score (nSPS) is 17.9. The Hall–Kier alpha value is -1.75. The third-order valence-corrected chi connectivity index (χ3v) is 6.70. The van der Waals surface area contributed by atoms with Crippen molar-refractivity contribution in [1.82, 2.24) is 10.6 Å². The van der Waals surface area contributed by atoms with Crippen LogP contribution < -0.4 is 15.5 Å². The van der Waals surface area contributed by atoms with Crippen molar-refractivity contribution < 1.29 is 12.8 Å². The number of hydrogen-bond acceptors (Lipinski definition) is 5. The molecule has 2 aromatic rings. The summed E-state index contributed by atoms with van der Waals surface area (Å²) in [5.41, 5.74) is 1.18. The highest BCUT2D eigenvalue weighted by molar-refractivity contribution is 14.0. The monoisotopic (exact) mass is 546 g/mol. The molecule has 0 aliphatic carbocycles. The molecule has 1 aliphatic heterocycles. The first kappa shape index (κ1) is 24.5. The average molecular weight is 546 g/mol. The number of halogens is 1. The molecule has 9 heteroatoms. The topological polar surface area (TPSA) is 86.9 Å². The first-order valence-electron chi connectivity index (χ1n) is 10.1. The van der Waals surface area contributed by atoms with Crippen molar-refractivity contribution in [2.24, 2.45) is 4.99 Å². The zero-order valence-electron chi connectivity index (χ0n) is 17.3. The first-order chi connectivity index (χ1) is 14.0. The van der Waals surface area contributed by atoms with E-state index in [2.05, 4.69) is 39.7 Å². The lowest BCUT2D eigenvalue weighted by atomic mass is 10.2. The van der Waals surface area contributed by atoms with Crippen molar-refractivity contribution in [1.29, 1.82) is 0 Å². The van der Waals surface area contributed by atoms with Gasteiger partial charge < -0.3 is 20.0 Å². The summed E-state index contributed by atoms with van der Waals surface area (Å²) in [6.45, 7) is 2.22. The van der Waals surface area contributed by atoms with E-state index in [1.165, 1.54) is 5.69 Å². The maximum absolute atomic E-state index is 11.7. The second kappa shape index (κ2) is 12.2. The molecule has 30 heavy (non-hydrogen) atoms. The minimum atomic E-state index is -2.93. The smallest absolute Gasteiger partial charge is 0.191 e. The summed E-state index contributed by atoms with van der Waals surface area (Å²) < 4.78 is 28.8. The molecule has 0 radical (unpaired) electrons. The van der Waals surface area contributed by atoms with E-state index in [0.29, 0.717) is 25.5 Å². The summed E-state index contributed by atoms with van der Waals surface area (Å²) in [7, 11) is -0.858. The van der Waals surface area contributed by atoms with Gasteiger partial charge in [-0.1, -0.05) is 18.2 Å². The average Bonchev–Trinajstić information content (AvgIpc) is 3.34. The molecule has 0 amide bonds. The van der Waals surface area contributed by atoms with Gasteiger partial charge >= 0.3 is 0 Å². The van der Waals surface area contributed by atoms with E-state index in [1.54, 1.807) is 6.26 Å². The summed E-state index contributed by atoms with van der Waals surface area (Å²) >= 11 is 0. The second-order valence-corrected chi connectivity index (χ2v) is 9.57. The maximum Gasteiger partial charge on any atom is 0.191 e. The third-order valence-electron chi connectivity index (χ3n) is 4.94. The molecule has 3 rings (SSSR count). The van der Waals surface area contributed by atoms with Crippen LogP contribution in [0.15, 0.2) is 58.1 Å². The Balaban J connectivity index is 0.00000320. The zero-order chi connectivity index (χ0) is 20.5. The molecule has 1 aromatic carbocycles. The van der Waals surface area contributed by atoms with E-state index in [0.717, 1.165) is 25.1 Å². The summed E-state index contributed by atoms with van der Waals surface area (Å²) in [6, 6.07) is 14.0. The second-order valence-electron chi connectivity index (χ2n) is 7.34. The number of anilines is 1. The van der Waals surface area contributed by atoms with Gasteiger partial charge in [0.05, 0.1) is 17.8 Å². The van der Waals surface area contributed by atoms with Crippen LogP contribution in [0.4, 0.5) is 5.69 Å². The summed E-state index contributed by atoms with van der Waals surface area (Å²) in [6.07, 6.45) is 3.93. The van der Waals surface area contributed by atoms with Crippen LogP contribution in [0.2, 0.25) is 0 Å². The molecule has 1 aliphatic rings. The fraction of sp³-hybridized carbons (Fsp3) is 0.476. The molecular formula is C21H31IN4O3S. The Labute approximate surface area is 196 Å². The van der Waals surface area contributed by atoms with Crippen LogP contribution in [0.5, 0.6) is 0 Å². The van der Waals surface area contributed by atoms with Crippen molar-refractivity contribution in [3.63, 3.8) is 0 Å². The van der Waals surface area contributed by atoms with E-state index in [1.807, 2.05) is 30.3 Å². The van der Waals surface area contributed by atoms with E-state index in [9.17, 15) is 8.42 Å². The highest BCUT2D eigenvalue weighted by Gasteiger charge is 2.28. The van der Waals surface area contributed by atoms with Crippen molar-refractivity contribution in [2.45, 2.75) is 25.3 Å². The molecule has 1 atom stereocenters.